The van der Waals surface area contributed by atoms with Crippen molar-refractivity contribution in [2.24, 2.45) is 0 Å². The summed E-state index contributed by atoms with van der Waals surface area (Å²) in [7, 11) is 0. The molecule has 0 bridgehead atoms. The number of nitrogens with one attached hydrogen (secondary N) is 1. The van der Waals surface area contributed by atoms with E-state index in [9.17, 15) is 15.0 Å². The molecule has 0 saturated carbocycles. The van der Waals surface area contributed by atoms with E-state index in [1.165, 1.54) is 17.1 Å². The van der Waals surface area contributed by atoms with Crippen molar-refractivity contribution in [3.8, 4) is 16.9 Å². The summed E-state index contributed by atoms with van der Waals surface area (Å²) < 4.78 is 6.86. The van der Waals surface area contributed by atoms with Crippen molar-refractivity contribution in [2.45, 2.75) is 18.1 Å². The highest BCUT2D eigenvalue weighted by Gasteiger charge is 2.29. The van der Waals surface area contributed by atoms with Crippen LogP contribution < -0.4 is 5.32 Å². The quantitative estimate of drug-likeness (QED) is 0.362. The van der Waals surface area contributed by atoms with Gasteiger partial charge in [0.2, 0.25) is 0 Å². The zero-order valence-electron chi connectivity index (χ0n) is 18.5. The molecule has 5 rings (SSSR count). The van der Waals surface area contributed by atoms with Crippen LogP contribution in [0.4, 0.5) is 4.79 Å². The first-order valence-corrected chi connectivity index (χ1v) is 11.4. The molecule has 2 atom stereocenters. The van der Waals surface area contributed by atoms with Crippen LogP contribution >= 0.6 is 11.6 Å². The molecule has 1 aliphatic carbocycles. The molecule has 4 aromatic rings. The van der Waals surface area contributed by atoms with E-state index in [0.717, 1.165) is 22.3 Å². The summed E-state index contributed by atoms with van der Waals surface area (Å²) >= 11 is 5.74. The van der Waals surface area contributed by atoms with E-state index >= 15 is 0 Å². The van der Waals surface area contributed by atoms with Gasteiger partial charge in [-0.25, -0.2) is 9.48 Å². The van der Waals surface area contributed by atoms with Crippen molar-refractivity contribution < 1.29 is 19.7 Å². The third kappa shape index (κ3) is 4.74. The van der Waals surface area contributed by atoms with E-state index in [2.05, 4.69) is 32.7 Å². The van der Waals surface area contributed by atoms with Crippen molar-refractivity contribution in [1.82, 2.24) is 25.3 Å². The number of ether oxygens (including phenoxy) is 1. The van der Waals surface area contributed by atoms with Crippen LogP contribution in [0.1, 0.15) is 28.7 Å². The van der Waals surface area contributed by atoms with Gasteiger partial charge in [-0.15, -0.1) is 10.2 Å². The van der Waals surface area contributed by atoms with Crippen molar-refractivity contribution in [3.05, 3.63) is 94.9 Å². The van der Waals surface area contributed by atoms with Crippen molar-refractivity contribution in [3.63, 3.8) is 0 Å². The van der Waals surface area contributed by atoms with Gasteiger partial charge >= 0.3 is 6.09 Å². The predicted octanol–water partition coefficient (Wildman–Crippen LogP) is 3.25. The normalized spacial score (nSPS) is 14.1. The average molecular weight is 492 g/mol. The van der Waals surface area contributed by atoms with Gasteiger partial charge in [0, 0.05) is 24.2 Å². The lowest BCUT2D eigenvalue weighted by molar-refractivity contribution is 0.0185. The van der Waals surface area contributed by atoms with E-state index in [-0.39, 0.29) is 24.2 Å². The van der Waals surface area contributed by atoms with Gasteiger partial charge in [-0.05, 0) is 34.4 Å². The molecule has 1 aliphatic rings. The van der Waals surface area contributed by atoms with Crippen molar-refractivity contribution >= 4 is 17.7 Å². The van der Waals surface area contributed by atoms with Crippen LogP contribution in [0.5, 0.6) is 0 Å². The Morgan fingerprint density at radius 1 is 1.03 bits per heavy atom. The maximum absolute atomic E-state index is 12.3. The lowest BCUT2D eigenvalue weighted by atomic mass is 9.98. The van der Waals surface area contributed by atoms with Gasteiger partial charge in [-0.1, -0.05) is 60.1 Å². The van der Waals surface area contributed by atoms with Gasteiger partial charge in [-0.3, -0.25) is 0 Å². The number of rotatable bonds is 7. The molecule has 2 heterocycles. The first kappa shape index (κ1) is 23.0. The summed E-state index contributed by atoms with van der Waals surface area (Å²) in [6.45, 7) is -0.0445. The number of hydrogen-bond acceptors (Lipinski definition) is 7. The van der Waals surface area contributed by atoms with E-state index < -0.39 is 18.3 Å². The van der Waals surface area contributed by atoms with E-state index in [1.807, 2.05) is 36.4 Å². The van der Waals surface area contributed by atoms with Gasteiger partial charge in [-0.2, -0.15) is 5.10 Å². The van der Waals surface area contributed by atoms with Gasteiger partial charge in [0.25, 0.3) is 0 Å². The minimum atomic E-state index is -1.28. The van der Waals surface area contributed by atoms with Gasteiger partial charge in [0.15, 0.2) is 11.0 Å². The summed E-state index contributed by atoms with van der Waals surface area (Å²) in [5.41, 5.74) is 4.85. The fourth-order valence-corrected chi connectivity index (χ4v) is 4.32. The molecule has 2 unspecified atom stereocenters. The minimum absolute atomic E-state index is 0.0644. The van der Waals surface area contributed by atoms with Crippen molar-refractivity contribution in [2.75, 3.05) is 13.2 Å². The number of aliphatic hydroxyl groups is 2. The number of fused-ring (bicyclic) bond motifs is 3. The van der Waals surface area contributed by atoms with E-state index in [1.54, 1.807) is 12.1 Å². The Labute approximate surface area is 206 Å². The Bertz CT molecular complexity index is 1300. The second-order valence-corrected chi connectivity index (χ2v) is 8.54. The van der Waals surface area contributed by atoms with E-state index in [0.29, 0.717) is 11.4 Å². The molecule has 0 saturated heterocycles. The topological polar surface area (TPSA) is 122 Å². The molecule has 0 spiro atoms. The molecular formula is C25H22ClN5O4. The molecule has 3 N–H and O–H groups in total. The largest absolute Gasteiger partial charge is 0.449 e. The molecule has 0 radical (unpaired) electrons. The van der Waals surface area contributed by atoms with Crippen LogP contribution in [0.25, 0.3) is 16.9 Å². The molecule has 2 aromatic carbocycles. The van der Waals surface area contributed by atoms with Crippen LogP contribution in [0.2, 0.25) is 5.15 Å². The number of alkyl carbamates (subject to hydrolysis) is 1. The molecule has 1 amide bonds. The van der Waals surface area contributed by atoms with Gasteiger partial charge in [0.05, 0.1) is 6.20 Å². The lowest BCUT2D eigenvalue weighted by Crippen LogP contribution is -2.36. The Morgan fingerprint density at radius 2 is 1.71 bits per heavy atom. The second kappa shape index (κ2) is 9.83. The summed E-state index contributed by atoms with van der Waals surface area (Å²) in [6.07, 6.45) is -0.316. The highest BCUT2D eigenvalue weighted by molar-refractivity contribution is 6.29. The SMILES string of the molecule is O=C(NCC(O)C(O)c1cnn(-c2ccc(Cl)nn2)c1)OCC1c2ccccc2-c2ccccc21. The summed E-state index contributed by atoms with van der Waals surface area (Å²) in [6, 6.07) is 19.3. The Kier molecular flexibility index (Phi) is 6.45. The fraction of sp³-hybridized carbons (Fsp3) is 0.200. The molecule has 2 aromatic heterocycles. The Hall–Kier alpha value is -3.79. The molecule has 35 heavy (non-hydrogen) atoms. The first-order chi connectivity index (χ1) is 17.0. The monoisotopic (exact) mass is 491 g/mol. The number of aromatic nitrogens is 4. The number of aliphatic hydroxyl groups excluding tert-OH is 2. The smallest absolute Gasteiger partial charge is 0.407 e. The second-order valence-electron chi connectivity index (χ2n) is 8.15. The van der Waals surface area contributed by atoms with Crippen LogP contribution in [0.3, 0.4) is 0 Å². The molecule has 178 valence electrons. The number of amides is 1. The predicted molar refractivity (Wildman–Crippen MR) is 128 cm³/mol. The first-order valence-electron chi connectivity index (χ1n) is 11.0. The summed E-state index contributed by atoms with van der Waals surface area (Å²) in [4.78, 5) is 12.3. The zero-order valence-corrected chi connectivity index (χ0v) is 19.2. The van der Waals surface area contributed by atoms with Gasteiger partial charge < -0.3 is 20.3 Å². The Morgan fingerprint density at radius 3 is 2.37 bits per heavy atom. The lowest BCUT2D eigenvalue weighted by Gasteiger charge is -2.18. The average Bonchev–Trinajstić information content (AvgIpc) is 3.50. The number of carbonyl (C=O) groups is 1. The van der Waals surface area contributed by atoms with Crippen LogP contribution in [0.15, 0.2) is 73.1 Å². The highest BCUT2D eigenvalue weighted by Crippen LogP contribution is 2.44. The minimum Gasteiger partial charge on any atom is -0.449 e. The third-order valence-electron chi connectivity index (χ3n) is 5.96. The summed E-state index contributed by atoms with van der Waals surface area (Å²) in [5.74, 6) is 0.338. The molecule has 10 heteroatoms. The Balaban J connectivity index is 1.16. The highest BCUT2D eigenvalue weighted by atomic mass is 35.5. The van der Waals surface area contributed by atoms with Gasteiger partial charge in [0.1, 0.15) is 18.8 Å². The summed E-state index contributed by atoms with van der Waals surface area (Å²) in [5, 5.41) is 35.4. The molecular weight excluding hydrogens is 470 g/mol. The maximum atomic E-state index is 12.3. The standard InChI is InChI=1S/C25H22ClN5O4/c26-22-9-10-23(30-29-22)31-13-15(11-28-31)24(33)21(32)12-27-25(34)35-14-20-18-7-3-1-5-16(18)17-6-2-4-8-19(17)20/h1-11,13,20-21,24,32-33H,12,14H2,(H,27,34). The number of hydrogen-bond donors (Lipinski definition) is 3. The molecule has 0 aliphatic heterocycles. The van der Waals surface area contributed by atoms with Crippen molar-refractivity contribution in [1.29, 1.82) is 0 Å². The van der Waals surface area contributed by atoms with E-state index in [4.69, 9.17) is 16.3 Å². The molecule has 9 nitrogen and oxygen atoms in total. The van der Waals surface area contributed by atoms with Crippen LogP contribution in [0, 0.1) is 0 Å². The van der Waals surface area contributed by atoms with Crippen LogP contribution in [-0.2, 0) is 4.74 Å². The number of halogens is 1. The fourth-order valence-electron chi connectivity index (χ4n) is 4.22. The number of carbonyl (C=O) groups excluding carboxylic acids is 1. The zero-order chi connectivity index (χ0) is 24.4. The number of benzene rings is 2. The maximum Gasteiger partial charge on any atom is 0.407 e. The van der Waals surface area contributed by atoms with Crippen LogP contribution in [-0.4, -0.2) is 55.5 Å². The number of nitrogens with zero attached hydrogens (tertiary/aromatic N) is 4. The third-order valence-corrected chi connectivity index (χ3v) is 6.16. The molecule has 0 fully saturated rings.